The number of benzene rings is 1. The van der Waals surface area contributed by atoms with Crippen molar-refractivity contribution in [2.45, 2.75) is 13.8 Å². The first kappa shape index (κ1) is 13.6. The standard InChI is InChI=1S/C12H13Br2N3O/c1-5-6(2)16-11-7(13)4-8(14)12(18-3)9(11)10(5)17-15/h4H,15H2,1-3H3,(H,16,17). The van der Waals surface area contributed by atoms with Crippen LogP contribution in [0.4, 0.5) is 5.69 Å². The maximum Gasteiger partial charge on any atom is 0.144 e. The Hall–Kier alpha value is -0.850. The van der Waals surface area contributed by atoms with E-state index in [1.807, 2.05) is 19.9 Å². The lowest BCUT2D eigenvalue weighted by Crippen LogP contribution is -2.11. The summed E-state index contributed by atoms with van der Waals surface area (Å²) >= 11 is 7.00. The van der Waals surface area contributed by atoms with Crippen molar-refractivity contribution in [3.63, 3.8) is 0 Å². The Morgan fingerprint density at radius 2 is 1.94 bits per heavy atom. The molecular formula is C12H13Br2N3O. The van der Waals surface area contributed by atoms with Gasteiger partial charge in [0.25, 0.3) is 0 Å². The van der Waals surface area contributed by atoms with Crippen molar-refractivity contribution in [1.82, 2.24) is 4.98 Å². The number of aromatic nitrogens is 1. The van der Waals surface area contributed by atoms with Gasteiger partial charge < -0.3 is 10.2 Å². The van der Waals surface area contributed by atoms with Gasteiger partial charge in [-0.15, -0.1) is 0 Å². The van der Waals surface area contributed by atoms with Crippen LogP contribution in [-0.2, 0) is 0 Å². The SMILES string of the molecule is COc1c(Br)cc(Br)c2nc(C)c(C)c(NN)c12. The van der Waals surface area contributed by atoms with Gasteiger partial charge in [-0.25, -0.2) is 0 Å². The van der Waals surface area contributed by atoms with Crippen LogP contribution in [0.3, 0.4) is 0 Å². The van der Waals surface area contributed by atoms with E-state index in [1.54, 1.807) is 7.11 Å². The van der Waals surface area contributed by atoms with Crippen molar-refractivity contribution in [2.24, 2.45) is 5.84 Å². The average Bonchev–Trinajstić information content (AvgIpc) is 2.33. The van der Waals surface area contributed by atoms with E-state index in [9.17, 15) is 0 Å². The summed E-state index contributed by atoms with van der Waals surface area (Å²) in [4.78, 5) is 4.59. The number of nitrogens with zero attached hydrogens (tertiary/aromatic N) is 1. The molecule has 2 aromatic rings. The molecule has 0 spiro atoms. The van der Waals surface area contributed by atoms with Gasteiger partial charge >= 0.3 is 0 Å². The minimum absolute atomic E-state index is 0.719. The Kier molecular flexibility index (Phi) is 3.79. The number of ether oxygens (including phenoxy) is 1. The van der Waals surface area contributed by atoms with Crippen molar-refractivity contribution in [3.8, 4) is 5.75 Å². The Morgan fingerprint density at radius 3 is 2.50 bits per heavy atom. The van der Waals surface area contributed by atoms with Crippen molar-refractivity contribution in [3.05, 3.63) is 26.3 Å². The number of nitrogen functional groups attached to an aromatic ring is 1. The maximum atomic E-state index is 5.65. The number of methoxy groups -OCH3 is 1. The number of fused-ring (bicyclic) bond motifs is 1. The molecule has 0 unspecified atom stereocenters. The number of anilines is 1. The third-order valence-corrected chi connectivity index (χ3v) is 4.15. The van der Waals surface area contributed by atoms with Gasteiger partial charge in [0.2, 0.25) is 0 Å². The van der Waals surface area contributed by atoms with Gasteiger partial charge in [-0.1, -0.05) is 0 Å². The Labute approximate surface area is 122 Å². The molecule has 1 aromatic heterocycles. The molecule has 0 fully saturated rings. The van der Waals surface area contributed by atoms with E-state index in [4.69, 9.17) is 10.6 Å². The molecule has 1 heterocycles. The molecule has 0 aliphatic rings. The minimum atomic E-state index is 0.719. The highest BCUT2D eigenvalue weighted by molar-refractivity contribution is 9.11. The van der Waals surface area contributed by atoms with Crippen LogP contribution < -0.4 is 16.0 Å². The van der Waals surface area contributed by atoms with Gasteiger partial charge in [0.15, 0.2) is 0 Å². The first-order chi connectivity index (χ1) is 8.51. The third kappa shape index (κ3) is 1.98. The topological polar surface area (TPSA) is 60.2 Å². The molecule has 1 aromatic carbocycles. The number of hydrazine groups is 1. The predicted octanol–water partition coefficient (Wildman–Crippen LogP) is 3.67. The van der Waals surface area contributed by atoms with E-state index in [-0.39, 0.29) is 0 Å². The van der Waals surface area contributed by atoms with Crippen LogP contribution in [-0.4, -0.2) is 12.1 Å². The lowest BCUT2D eigenvalue weighted by molar-refractivity contribution is 0.417. The first-order valence-corrected chi connectivity index (χ1v) is 6.89. The van der Waals surface area contributed by atoms with Crippen LogP contribution in [0.15, 0.2) is 15.0 Å². The zero-order valence-electron chi connectivity index (χ0n) is 10.3. The number of hydrogen-bond acceptors (Lipinski definition) is 4. The Balaban J connectivity index is 3.05. The molecule has 0 atom stereocenters. The van der Waals surface area contributed by atoms with E-state index in [2.05, 4.69) is 42.3 Å². The molecule has 96 valence electrons. The van der Waals surface area contributed by atoms with E-state index < -0.39 is 0 Å². The minimum Gasteiger partial charge on any atom is -0.495 e. The van der Waals surface area contributed by atoms with Crippen LogP contribution in [0, 0.1) is 13.8 Å². The monoisotopic (exact) mass is 373 g/mol. The molecule has 18 heavy (non-hydrogen) atoms. The van der Waals surface area contributed by atoms with E-state index >= 15 is 0 Å². The molecule has 0 aliphatic heterocycles. The molecule has 0 saturated carbocycles. The summed E-state index contributed by atoms with van der Waals surface area (Å²) in [6, 6.07) is 1.92. The summed E-state index contributed by atoms with van der Waals surface area (Å²) in [5.41, 5.74) is 6.34. The lowest BCUT2D eigenvalue weighted by atomic mass is 10.1. The van der Waals surface area contributed by atoms with E-state index in [1.165, 1.54) is 0 Å². The number of nitrogens with one attached hydrogen (secondary N) is 1. The largest absolute Gasteiger partial charge is 0.495 e. The fraction of sp³-hybridized carbons (Fsp3) is 0.250. The fourth-order valence-corrected chi connectivity index (χ4v) is 3.34. The molecule has 0 saturated heterocycles. The highest BCUT2D eigenvalue weighted by Gasteiger charge is 2.17. The van der Waals surface area contributed by atoms with Crippen molar-refractivity contribution < 1.29 is 4.74 Å². The summed E-state index contributed by atoms with van der Waals surface area (Å²) in [5, 5.41) is 0.865. The summed E-state index contributed by atoms with van der Waals surface area (Å²) in [6.45, 7) is 3.93. The Bertz CT molecular complexity index is 629. The number of pyridine rings is 1. The van der Waals surface area contributed by atoms with Gasteiger partial charge in [-0.2, -0.15) is 0 Å². The second kappa shape index (κ2) is 5.03. The van der Waals surface area contributed by atoms with E-state index in [0.717, 1.165) is 42.5 Å². The van der Waals surface area contributed by atoms with Crippen LogP contribution in [0.5, 0.6) is 5.75 Å². The Morgan fingerprint density at radius 1 is 1.28 bits per heavy atom. The fourth-order valence-electron chi connectivity index (χ4n) is 1.93. The first-order valence-electron chi connectivity index (χ1n) is 5.30. The zero-order valence-corrected chi connectivity index (χ0v) is 13.4. The molecule has 0 radical (unpaired) electrons. The van der Waals surface area contributed by atoms with E-state index in [0.29, 0.717) is 0 Å². The van der Waals surface area contributed by atoms with Crippen molar-refractivity contribution in [1.29, 1.82) is 0 Å². The van der Waals surface area contributed by atoms with Crippen molar-refractivity contribution >= 4 is 48.5 Å². The second-order valence-electron chi connectivity index (χ2n) is 3.94. The molecule has 0 aliphatic carbocycles. The molecule has 2 rings (SSSR count). The maximum absolute atomic E-state index is 5.65. The number of aryl methyl sites for hydroxylation is 1. The number of nitrogens with two attached hydrogens (primary N) is 1. The second-order valence-corrected chi connectivity index (χ2v) is 5.65. The van der Waals surface area contributed by atoms with Crippen LogP contribution >= 0.6 is 31.9 Å². The molecule has 3 N–H and O–H groups in total. The molecule has 4 nitrogen and oxygen atoms in total. The average molecular weight is 375 g/mol. The van der Waals surface area contributed by atoms with Gasteiger partial charge in [-0.3, -0.25) is 10.8 Å². The zero-order chi connectivity index (χ0) is 13.4. The normalized spacial score (nSPS) is 10.8. The van der Waals surface area contributed by atoms with Crippen LogP contribution in [0.2, 0.25) is 0 Å². The lowest BCUT2D eigenvalue weighted by Gasteiger charge is -2.16. The number of halogens is 2. The summed E-state index contributed by atoms with van der Waals surface area (Å²) in [7, 11) is 1.63. The van der Waals surface area contributed by atoms with Crippen molar-refractivity contribution in [2.75, 3.05) is 12.5 Å². The highest BCUT2D eigenvalue weighted by atomic mass is 79.9. The van der Waals surface area contributed by atoms with Crippen LogP contribution in [0.1, 0.15) is 11.3 Å². The van der Waals surface area contributed by atoms with Gasteiger partial charge in [0.1, 0.15) is 5.75 Å². The summed E-state index contributed by atoms with van der Waals surface area (Å²) in [5.74, 6) is 6.36. The van der Waals surface area contributed by atoms with Gasteiger partial charge in [0.05, 0.1) is 28.2 Å². The summed E-state index contributed by atoms with van der Waals surface area (Å²) < 4.78 is 7.19. The number of hydrogen-bond donors (Lipinski definition) is 2. The molecular weight excluding hydrogens is 362 g/mol. The smallest absolute Gasteiger partial charge is 0.144 e. The quantitative estimate of drug-likeness (QED) is 0.621. The third-order valence-electron chi connectivity index (χ3n) is 2.96. The number of rotatable bonds is 2. The molecule has 6 heteroatoms. The molecule has 0 bridgehead atoms. The van der Waals surface area contributed by atoms with Gasteiger partial charge in [0, 0.05) is 10.2 Å². The van der Waals surface area contributed by atoms with Crippen LogP contribution in [0.25, 0.3) is 10.9 Å². The highest BCUT2D eigenvalue weighted by Crippen LogP contribution is 2.42. The van der Waals surface area contributed by atoms with Gasteiger partial charge in [-0.05, 0) is 57.3 Å². The summed E-state index contributed by atoms with van der Waals surface area (Å²) in [6.07, 6.45) is 0. The molecule has 0 amide bonds. The predicted molar refractivity (Wildman–Crippen MR) is 81.0 cm³/mol.